The summed E-state index contributed by atoms with van der Waals surface area (Å²) < 4.78 is 6.00. The van der Waals surface area contributed by atoms with Gasteiger partial charge >= 0.3 is 0 Å². The number of benzene rings is 2. The summed E-state index contributed by atoms with van der Waals surface area (Å²) in [6.45, 7) is 5.75. The minimum absolute atomic E-state index is 0.610. The second-order valence-electron chi connectivity index (χ2n) is 4.72. The number of nitrogens with one attached hydrogen (secondary N) is 1. The van der Waals surface area contributed by atoms with Gasteiger partial charge in [-0.25, -0.2) is 0 Å². The van der Waals surface area contributed by atoms with Crippen LogP contribution in [-0.4, -0.2) is 6.54 Å². The van der Waals surface area contributed by atoms with Gasteiger partial charge in [0.15, 0.2) is 0 Å². The predicted octanol–water partition coefficient (Wildman–Crippen LogP) is 5.46. The molecule has 21 heavy (non-hydrogen) atoms. The van der Waals surface area contributed by atoms with Crippen LogP contribution in [0.4, 0.5) is 0 Å². The summed E-state index contributed by atoms with van der Waals surface area (Å²) in [6.07, 6.45) is 0.864. The number of ether oxygens (including phenoxy) is 1. The average Bonchev–Trinajstić information content (AvgIpc) is 2.49. The molecular formula is C17H19Cl2NO. The largest absolute Gasteiger partial charge is 0.455 e. The van der Waals surface area contributed by atoms with Crippen LogP contribution in [0.25, 0.3) is 0 Å². The molecule has 0 amide bonds. The number of aryl methyl sites for hydroxylation is 1. The molecule has 0 radical (unpaired) electrons. The molecule has 2 aromatic rings. The Balaban J connectivity index is 2.30. The van der Waals surface area contributed by atoms with E-state index < -0.39 is 0 Å². The van der Waals surface area contributed by atoms with Crippen molar-refractivity contribution in [1.29, 1.82) is 0 Å². The minimum Gasteiger partial charge on any atom is -0.455 e. The van der Waals surface area contributed by atoms with Crippen LogP contribution < -0.4 is 10.1 Å². The first-order chi connectivity index (χ1) is 10.2. The highest BCUT2D eigenvalue weighted by atomic mass is 35.5. The lowest BCUT2D eigenvalue weighted by atomic mass is 10.1. The topological polar surface area (TPSA) is 21.3 Å². The fraction of sp³-hybridized carbons (Fsp3) is 0.294. The van der Waals surface area contributed by atoms with E-state index in [2.05, 4.69) is 19.2 Å². The zero-order valence-corrected chi connectivity index (χ0v) is 13.8. The van der Waals surface area contributed by atoms with Crippen molar-refractivity contribution in [3.8, 4) is 11.5 Å². The fourth-order valence-corrected chi connectivity index (χ4v) is 2.55. The Morgan fingerprint density at radius 3 is 2.52 bits per heavy atom. The van der Waals surface area contributed by atoms with E-state index in [9.17, 15) is 0 Å². The number of hydrogen-bond acceptors (Lipinski definition) is 2. The van der Waals surface area contributed by atoms with Crippen LogP contribution in [-0.2, 0) is 13.0 Å². The van der Waals surface area contributed by atoms with Gasteiger partial charge in [0.2, 0.25) is 0 Å². The van der Waals surface area contributed by atoms with Gasteiger partial charge in [-0.05, 0) is 42.8 Å². The van der Waals surface area contributed by atoms with Gasteiger partial charge in [-0.15, -0.1) is 0 Å². The van der Waals surface area contributed by atoms with Crippen LogP contribution in [0, 0.1) is 0 Å². The van der Waals surface area contributed by atoms with Crippen molar-refractivity contribution in [3.63, 3.8) is 0 Å². The molecule has 0 aromatic heterocycles. The molecule has 0 spiro atoms. The Bertz CT molecular complexity index is 614. The number of hydrogen-bond donors (Lipinski definition) is 1. The van der Waals surface area contributed by atoms with Gasteiger partial charge in [0, 0.05) is 17.1 Å². The van der Waals surface area contributed by atoms with Crippen LogP contribution in [0.15, 0.2) is 36.4 Å². The van der Waals surface area contributed by atoms with Crippen molar-refractivity contribution in [2.75, 3.05) is 6.54 Å². The zero-order valence-electron chi connectivity index (χ0n) is 12.2. The van der Waals surface area contributed by atoms with Crippen molar-refractivity contribution in [2.45, 2.75) is 26.8 Å². The second-order valence-corrected chi connectivity index (χ2v) is 5.53. The molecule has 112 valence electrons. The van der Waals surface area contributed by atoms with Crippen molar-refractivity contribution < 1.29 is 4.74 Å². The van der Waals surface area contributed by atoms with Crippen molar-refractivity contribution >= 4 is 23.2 Å². The number of rotatable bonds is 6. The van der Waals surface area contributed by atoms with Crippen LogP contribution >= 0.6 is 23.2 Å². The maximum absolute atomic E-state index is 6.28. The van der Waals surface area contributed by atoms with Gasteiger partial charge in [0.1, 0.15) is 11.5 Å². The molecule has 2 rings (SSSR count). The molecule has 0 aliphatic rings. The summed E-state index contributed by atoms with van der Waals surface area (Å²) in [5.74, 6) is 1.45. The molecule has 0 atom stereocenters. The van der Waals surface area contributed by atoms with Gasteiger partial charge in [-0.3, -0.25) is 0 Å². The zero-order chi connectivity index (χ0) is 15.2. The van der Waals surface area contributed by atoms with E-state index in [1.54, 1.807) is 0 Å². The first kappa shape index (κ1) is 16.2. The van der Waals surface area contributed by atoms with Crippen LogP contribution in [0.1, 0.15) is 25.0 Å². The quantitative estimate of drug-likeness (QED) is 0.762. The normalized spacial score (nSPS) is 10.7. The summed E-state index contributed by atoms with van der Waals surface area (Å²) in [6, 6.07) is 11.5. The molecule has 1 N–H and O–H groups in total. The summed E-state index contributed by atoms with van der Waals surface area (Å²) in [7, 11) is 0. The SMILES string of the molecule is CCNCc1cccc(Cl)c1Oc1ccc(Cl)c(CC)c1. The standard InChI is InChI=1S/C17H19Cl2NO/c1-3-12-10-14(8-9-15(12)18)21-17-13(11-20-4-2)6-5-7-16(17)19/h5-10,20H,3-4,11H2,1-2H3. The summed E-state index contributed by atoms with van der Waals surface area (Å²) in [5, 5.41) is 4.66. The van der Waals surface area contributed by atoms with Crippen molar-refractivity contribution in [1.82, 2.24) is 5.32 Å². The summed E-state index contributed by atoms with van der Waals surface area (Å²) >= 11 is 12.4. The summed E-state index contributed by atoms with van der Waals surface area (Å²) in [5.41, 5.74) is 2.10. The lowest BCUT2D eigenvalue weighted by molar-refractivity contribution is 0.473. The Hall–Kier alpha value is -1.22. The van der Waals surface area contributed by atoms with Gasteiger partial charge in [-0.2, -0.15) is 0 Å². The molecule has 4 heteroatoms. The van der Waals surface area contributed by atoms with Crippen molar-refractivity contribution in [3.05, 3.63) is 57.6 Å². The molecule has 0 bridgehead atoms. The van der Waals surface area contributed by atoms with Gasteiger partial charge in [0.25, 0.3) is 0 Å². The molecule has 0 fully saturated rings. The van der Waals surface area contributed by atoms with Crippen molar-refractivity contribution in [2.24, 2.45) is 0 Å². The second kappa shape index (κ2) is 7.69. The Morgan fingerprint density at radius 2 is 1.81 bits per heavy atom. The Morgan fingerprint density at radius 1 is 1.00 bits per heavy atom. The molecule has 0 heterocycles. The van der Waals surface area contributed by atoms with Crippen LogP contribution in [0.2, 0.25) is 10.0 Å². The highest BCUT2D eigenvalue weighted by molar-refractivity contribution is 6.32. The van der Waals surface area contributed by atoms with E-state index in [1.807, 2.05) is 36.4 Å². The third-order valence-corrected chi connectivity index (χ3v) is 3.90. The number of halogens is 2. The molecule has 0 unspecified atom stereocenters. The van der Waals surface area contributed by atoms with E-state index in [0.717, 1.165) is 41.4 Å². The Labute approximate surface area is 136 Å². The molecule has 0 saturated carbocycles. The van der Waals surface area contributed by atoms with Gasteiger partial charge in [0.05, 0.1) is 5.02 Å². The highest BCUT2D eigenvalue weighted by Gasteiger charge is 2.10. The molecule has 2 nitrogen and oxygen atoms in total. The smallest absolute Gasteiger partial charge is 0.150 e. The van der Waals surface area contributed by atoms with Gasteiger partial charge < -0.3 is 10.1 Å². The van der Waals surface area contributed by atoms with Crippen LogP contribution in [0.5, 0.6) is 11.5 Å². The fourth-order valence-electron chi connectivity index (χ4n) is 2.07. The maximum Gasteiger partial charge on any atom is 0.150 e. The first-order valence-electron chi connectivity index (χ1n) is 7.10. The number of para-hydroxylation sites is 1. The van der Waals surface area contributed by atoms with E-state index in [4.69, 9.17) is 27.9 Å². The molecule has 0 aliphatic heterocycles. The van der Waals surface area contributed by atoms with E-state index in [-0.39, 0.29) is 0 Å². The summed E-state index contributed by atoms with van der Waals surface area (Å²) in [4.78, 5) is 0. The highest BCUT2D eigenvalue weighted by Crippen LogP contribution is 2.34. The van der Waals surface area contributed by atoms with E-state index >= 15 is 0 Å². The van der Waals surface area contributed by atoms with Gasteiger partial charge in [-0.1, -0.05) is 49.2 Å². The lowest BCUT2D eigenvalue weighted by Crippen LogP contribution is -2.12. The predicted molar refractivity (Wildman–Crippen MR) is 89.7 cm³/mol. The molecule has 2 aromatic carbocycles. The third-order valence-electron chi connectivity index (χ3n) is 3.23. The maximum atomic E-state index is 6.28. The average molecular weight is 324 g/mol. The minimum atomic E-state index is 0.610. The third kappa shape index (κ3) is 4.13. The molecule has 0 aliphatic carbocycles. The Kier molecular flexibility index (Phi) is 5.92. The molecule has 0 saturated heterocycles. The van der Waals surface area contributed by atoms with Crippen LogP contribution in [0.3, 0.4) is 0 Å². The first-order valence-corrected chi connectivity index (χ1v) is 7.85. The monoisotopic (exact) mass is 323 g/mol. The van der Waals surface area contributed by atoms with E-state index in [0.29, 0.717) is 10.8 Å². The molecular weight excluding hydrogens is 305 g/mol. The van der Waals surface area contributed by atoms with E-state index in [1.165, 1.54) is 0 Å². The lowest BCUT2D eigenvalue weighted by Gasteiger charge is -2.14.